The molecule has 0 bridgehead atoms. The van der Waals surface area contributed by atoms with Crippen LogP contribution < -0.4 is 10.6 Å². The van der Waals surface area contributed by atoms with E-state index in [1.165, 1.54) is 0 Å². The number of carbonyl (C=O) groups is 2. The molecule has 0 aliphatic heterocycles. The highest BCUT2D eigenvalue weighted by Gasteiger charge is 2.20. The van der Waals surface area contributed by atoms with Crippen LogP contribution in [0.15, 0.2) is 30.3 Å². The number of carboxylic acid groups (broad SMARTS) is 1. The van der Waals surface area contributed by atoms with E-state index in [-0.39, 0.29) is 18.2 Å². The van der Waals surface area contributed by atoms with Crippen LogP contribution in [-0.2, 0) is 9.59 Å². The van der Waals surface area contributed by atoms with Crippen LogP contribution in [-0.4, -0.2) is 30.1 Å². The van der Waals surface area contributed by atoms with Crippen molar-refractivity contribution in [3.05, 3.63) is 35.9 Å². The highest BCUT2D eigenvalue weighted by molar-refractivity contribution is 5.80. The van der Waals surface area contributed by atoms with Crippen molar-refractivity contribution in [3.8, 4) is 0 Å². The molecule has 0 saturated heterocycles. The van der Waals surface area contributed by atoms with Gasteiger partial charge in [-0.2, -0.15) is 0 Å². The third-order valence-electron chi connectivity index (χ3n) is 3.05. The first-order chi connectivity index (χ1) is 9.54. The van der Waals surface area contributed by atoms with Crippen molar-refractivity contribution in [3.63, 3.8) is 0 Å². The van der Waals surface area contributed by atoms with Gasteiger partial charge in [0.25, 0.3) is 0 Å². The van der Waals surface area contributed by atoms with E-state index in [1.54, 1.807) is 0 Å². The number of carboxylic acids is 1. The monoisotopic (exact) mass is 278 g/mol. The maximum absolute atomic E-state index is 12.1. The van der Waals surface area contributed by atoms with Gasteiger partial charge in [-0.25, -0.2) is 0 Å². The molecule has 1 rings (SSSR count). The summed E-state index contributed by atoms with van der Waals surface area (Å²) in [7, 11) is 0. The van der Waals surface area contributed by atoms with E-state index in [0.29, 0.717) is 6.54 Å². The number of aliphatic carboxylic acids is 1. The zero-order chi connectivity index (χ0) is 15.0. The molecule has 2 atom stereocenters. The number of nitrogens with one attached hydrogen (secondary N) is 2. The zero-order valence-electron chi connectivity index (χ0n) is 11.9. The Bertz CT molecular complexity index is 434. The van der Waals surface area contributed by atoms with Gasteiger partial charge in [0, 0.05) is 12.5 Å². The van der Waals surface area contributed by atoms with Crippen LogP contribution >= 0.6 is 0 Å². The molecule has 5 nitrogen and oxygen atoms in total. The van der Waals surface area contributed by atoms with Crippen LogP contribution in [0, 0.1) is 5.92 Å². The van der Waals surface area contributed by atoms with Gasteiger partial charge in [-0.05, 0) is 12.1 Å². The van der Waals surface area contributed by atoms with Crippen LogP contribution in [0.25, 0.3) is 0 Å². The van der Waals surface area contributed by atoms with Crippen molar-refractivity contribution in [2.45, 2.75) is 26.3 Å². The molecule has 0 heterocycles. The van der Waals surface area contributed by atoms with Crippen molar-refractivity contribution in [2.24, 2.45) is 5.92 Å². The summed E-state index contributed by atoms with van der Waals surface area (Å²) < 4.78 is 0. The summed E-state index contributed by atoms with van der Waals surface area (Å²) in [5, 5.41) is 14.9. The molecule has 1 aromatic rings. The molecule has 5 heteroatoms. The molecule has 0 aliphatic carbocycles. The number of hydrogen-bond donors (Lipinski definition) is 3. The lowest BCUT2D eigenvalue weighted by atomic mass is 10.0. The van der Waals surface area contributed by atoms with E-state index in [0.717, 1.165) is 12.1 Å². The summed E-state index contributed by atoms with van der Waals surface area (Å²) in [6.07, 6.45) is -0.121. The number of benzene rings is 1. The van der Waals surface area contributed by atoms with Gasteiger partial charge < -0.3 is 15.7 Å². The Labute approximate surface area is 119 Å². The second kappa shape index (κ2) is 8.32. The zero-order valence-corrected chi connectivity index (χ0v) is 11.9. The summed E-state index contributed by atoms with van der Waals surface area (Å²) >= 11 is 0. The van der Waals surface area contributed by atoms with Crippen LogP contribution in [0.2, 0.25) is 0 Å². The third kappa shape index (κ3) is 5.40. The maximum Gasteiger partial charge on any atom is 0.305 e. The molecule has 0 saturated carbocycles. The Morgan fingerprint density at radius 1 is 1.25 bits per heavy atom. The average molecular weight is 278 g/mol. The SMILES string of the molecule is CCNCC(C)C(=O)NC(CC(=O)O)c1ccccc1. The number of rotatable bonds is 8. The van der Waals surface area contributed by atoms with Crippen molar-refractivity contribution in [2.75, 3.05) is 13.1 Å². The summed E-state index contributed by atoms with van der Waals surface area (Å²) in [4.78, 5) is 23.0. The second-order valence-electron chi connectivity index (χ2n) is 4.78. The van der Waals surface area contributed by atoms with Crippen LogP contribution in [0.3, 0.4) is 0 Å². The largest absolute Gasteiger partial charge is 0.481 e. The van der Waals surface area contributed by atoms with Gasteiger partial charge in [-0.3, -0.25) is 9.59 Å². The van der Waals surface area contributed by atoms with Crippen molar-refractivity contribution in [1.29, 1.82) is 0 Å². The normalized spacial score (nSPS) is 13.5. The number of hydrogen-bond acceptors (Lipinski definition) is 3. The van der Waals surface area contributed by atoms with E-state index in [4.69, 9.17) is 5.11 Å². The second-order valence-corrected chi connectivity index (χ2v) is 4.78. The minimum atomic E-state index is -0.932. The fraction of sp³-hybridized carbons (Fsp3) is 0.467. The molecule has 110 valence electrons. The number of carbonyl (C=O) groups excluding carboxylic acids is 1. The van der Waals surface area contributed by atoms with Crippen LogP contribution in [0.5, 0.6) is 0 Å². The smallest absolute Gasteiger partial charge is 0.305 e. The molecular weight excluding hydrogens is 256 g/mol. The molecule has 20 heavy (non-hydrogen) atoms. The maximum atomic E-state index is 12.1. The van der Waals surface area contributed by atoms with E-state index in [1.807, 2.05) is 44.2 Å². The lowest BCUT2D eigenvalue weighted by molar-refractivity contribution is -0.137. The van der Waals surface area contributed by atoms with Crippen LogP contribution in [0.1, 0.15) is 31.9 Å². The molecule has 0 aliphatic rings. The first kappa shape index (κ1) is 16.2. The molecule has 1 aromatic carbocycles. The van der Waals surface area contributed by atoms with E-state index < -0.39 is 12.0 Å². The summed E-state index contributed by atoms with van der Waals surface area (Å²) in [5.74, 6) is -1.27. The summed E-state index contributed by atoms with van der Waals surface area (Å²) in [6, 6.07) is 8.67. The Hall–Kier alpha value is -1.88. The summed E-state index contributed by atoms with van der Waals surface area (Å²) in [6.45, 7) is 5.18. The van der Waals surface area contributed by atoms with Crippen molar-refractivity contribution in [1.82, 2.24) is 10.6 Å². The quantitative estimate of drug-likeness (QED) is 0.674. The molecule has 3 N–H and O–H groups in total. The molecule has 0 aromatic heterocycles. The van der Waals surface area contributed by atoms with Gasteiger partial charge in [-0.15, -0.1) is 0 Å². The minimum absolute atomic E-state index is 0.121. The van der Waals surface area contributed by atoms with Gasteiger partial charge in [0.05, 0.1) is 12.5 Å². The summed E-state index contributed by atoms with van der Waals surface area (Å²) in [5.41, 5.74) is 0.805. The topological polar surface area (TPSA) is 78.4 Å². The predicted molar refractivity (Wildman–Crippen MR) is 77.3 cm³/mol. The predicted octanol–water partition coefficient (Wildman–Crippen LogP) is 1.56. The van der Waals surface area contributed by atoms with Crippen molar-refractivity contribution < 1.29 is 14.7 Å². The molecule has 0 fully saturated rings. The number of amides is 1. The van der Waals surface area contributed by atoms with E-state index >= 15 is 0 Å². The van der Waals surface area contributed by atoms with E-state index in [9.17, 15) is 9.59 Å². The fourth-order valence-electron chi connectivity index (χ4n) is 1.88. The molecular formula is C15H22N2O3. The van der Waals surface area contributed by atoms with Crippen molar-refractivity contribution >= 4 is 11.9 Å². The standard InChI is InChI=1S/C15H22N2O3/c1-3-16-10-11(2)15(20)17-13(9-14(18)19)12-7-5-4-6-8-12/h4-8,11,13,16H,3,9-10H2,1-2H3,(H,17,20)(H,18,19). The fourth-order valence-corrected chi connectivity index (χ4v) is 1.88. The van der Waals surface area contributed by atoms with Gasteiger partial charge in [0.1, 0.15) is 0 Å². The Morgan fingerprint density at radius 3 is 2.45 bits per heavy atom. The molecule has 0 radical (unpaired) electrons. The first-order valence-corrected chi connectivity index (χ1v) is 6.82. The molecule has 2 unspecified atom stereocenters. The Balaban J connectivity index is 2.70. The Kier molecular flexibility index (Phi) is 6.73. The van der Waals surface area contributed by atoms with Gasteiger partial charge in [0.15, 0.2) is 0 Å². The minimum Gasteiger partial charge on any atom is -0.481 e. The average Bonchev–Trinajstić information content (AvgIpc) is 2.44. The van der Waals surface area contributed by atoms with Gasteiger partial charge in [0.2, 0.25) is 5.91 Å². The lowest BCUT2D eigenvalue weighted by Crippen LogP contribution is -2.38. The molecule has 0 spiro atoms. The van der Waals surface area contributed by atoms with E-state index in [2.05, 4.69) is 10.6 Å². The highest BCUT2D eigenvalue weighted by Crippen LogP contribution is 2.17. The lowest BCUT2D eigenvalue weighted by Gasteiger charge is -2.20. The van der Waals surface area contributed by atoms with Gasteiger partial charge >= 0.3 is 5.97 Å². The van der Waals surface area contributed by atoms with Crippen LogP contribution in [0.4, 0.5) is 0 Å². The van der Waals surface area contributed by atoms with Gasteiger partial charge in [-0.1, -0.05) is 44.2 Å². The first-order valence-electron chi connectivity index (χ1n) is 6.82. The third-order valence-corrected chi connectivity index (χ3v) is 3.05. The Morgan fingerprint density at radius 2 is 1.90 bits per heavy atom. The highest BCUT2D eigenvalue weighted by atomic mass is 16.4. The molecule has 1 amide bonds.